The van der Waals surface area contributed by atoms with Crippen molar-refractivity contribution in [3.63, 3.8) is 0 Å². The van der Waals surface area contributed by atoms with Gasteiger partial charge in [-0.2, -0.15) is 0 Å². The fourth-order valence-electron chi connectivity index (χ4n) is 7.70. The molecule has 3 fully saturated rings. The first-order valence-corrected chi connectivity index (χ1v) is 15.7. The van der Waals surface area contributed by atoms with Gasteiger partial charge < -0.3 is 24.5 Å². The number of hydrogen-bond donors (Lipinski definition) is 1. The van der Waals surface area contributed by atoms with Crippen molar-refractivity contribution in [2.24, 2.45) is 11.8 Å². The molecule has 3 aliphatic heterocycles. The van der Waals surface area contributed by atoms with Gasteiger partial charge in [0.15, 0.2) is 0 Å². The van der Waals surface area contributed by atoms with Gasteiger partial charge in [0.2, 0.25) is 11.8 Å². The SMILES string of the molecule is C=CCN(Cc1ccccc1)C(=O)[C@H]1[C@H]2C(=O)N(CCCCO)C(C(=O)N(CC=C)c3cc(C)ccc3C)C23CC[C@]1(C)O3. The predicted molar refractivity (Wildman–Crippen MR) is 171 cm³/mol. The molecule has 3 saturated heterocycles. The molecule has 5 atom stereocenters. The topological polar surface area (TPSA) is 90.4 Å². The van der Waals surface area contributed by atoms with Crippen LogP contribution in [0.3, 0.4) is 0 Å². The molecule has 44 heavy (non-hydrogen) atoms. The van der Waals surface area contributed by atoms with Gasteiger partial charge in [-0.25, -0.2) is 0 Å². The number of amides is 3. The summed E-state index contributed by atoms with van der Waals surface area (Å²) in [5, 5.41) is 9.52. The largest absolute Gasteiger partial charge is 0.396 e. The number of benzene rings is 2. The Morgan fingerprint density at radius 2 is 1.77 bits per heavy atom. The molecule has 2 aromatic rings. The van der Waals surface area contributed by atoms with Crippen molar-refractivity contribution >= 4 is 23.4 Å². The van der Waals surface area contributed by atoms with Crippen molar-refractivity contribution in [1.82, 2.24) is 9.80 Å². The third-order valence-electron chi connectivity index (χ3n) is 9.69. The standard InChI is InChI=1S/C36H45N3O5/c1-6-19-37(24-27-13-9-8-10-14-27)32(41)29-30-33(42)39(21-11-12-22-40)31(36(30)18-17-35(29,5)44-36)34(43)38(20-7-2)28-23-25(3)15-16-26(28)4/h6-10,13-16,23,29-31,40H,1-2,11-12,17-22,24H2,3-5H3/t29-,30+,31?,35+,36?/m1/s1. The maximum absolute atomic E-state index is 14.8. The van der Waals surface area contributed by atoms with E-state index in [2.05, 4.69) is 13.2 Å². The van der Waals surface area contributed by atoms with Crippen LogP contribution in [0.25, 0.3) is 0 Å². The van der Waals surface area contributed by atoms with E-state index in [1.54, 1.807) is 26.9 Å². The van der Waals surface area contributed by atoms with E-state index in [0.29, 0.717) is 45.3 Å². The number of carbonyl (C=O) groups is 3. The Hall–Kier alpha value is -3.75. The summed E-state index contributed by atoms with van der Waals surface area (Å²) in [6.45, 7) is 14.9. The van der Waals surface area contributed by atoms with Crippen LogP contribution in [-0.4, -0.2) is 76.1 Å². The Balaban J connectivity index is 1.56. The van der Waals surface area contributed by atoms with Gasteiger partial charge in [-0.15, -0.1) is 13.2 Å². The second kappa shape index (κ2) is 12.7. The van der Waals surface area contributed by atoms with Gasteiger partial charge in [-0.3, -0.25) is 14.4 Å². The molecule has 0 saturated carbocycles. The van der Waals surface area contributed by atoms with Gasteiger partial charge in [0.25, 0.3) is 5.91 Å². The second-order valence-electron chi connectivity index (χ2n) is 12.7. The number of unbranched alkanes of at least 4 members (excludes halogenated alkanes) is 1. The van der Waals surface area contributed by atoms with Crippen molar-refractivity contribution in [3.05, 3.63) is 90.5 Å². The molecule has 1 N–H and O–H groups in total. The predicted octanol–water partition coefficient (Wildman–Crippen LogP) is 4.57. The van der Waals surface area contributed by atoms with E-state index in [4.69, 9.17) is 4.74 Å². The average Bonchev–Trinajstić information content (AvgIpc) is 3.57. The molecular formula is C36H45N3O5. The van der Waals surface area contributed by atoms with E-state index >= 15 is 0 Å². The fraction of sp³-hybridized carbons (Fsp3) is 0.472. The fourth-order valence-corrected chi connectivity index (χ4v) is 7.70. The molecule has 2 bridgehead atoms. The average molecular weight is 600 g/mol. The molecule has 2 aromatic carbocycles. The number of likely N-dealkylation sites (tertiary alicyclic amines) is 1. The van der Waals surface area contributed by atoms with Gasteiger partial charge in [-0.1, -0.05) is 54.6 Å². The molecule has 5 rings (SSSR count). The van der Waals surface area contributed by atoms with Crippen LogP contribution in [0.5, 0.6) is 0 Å². The Bertz CT molecular complexity index is 1430. The normalized spacial score (nSPS) is 26.9. The highest BCUT2D eigenvalue weighted by atomic mass is 16.5. The Labute approximate surface area is 261 Å². The third kappa shape index (κ3) is 5.39. The summed E-state index contributed by atoms with van der Waals surface area (Å²) in [5.74, 6) is -2.14. The molecule has 1 spiro atoms. The zero-order chi connectivity index (χ0) is 31.6. The van der Waals surface area contributed by atoms with E-state index < -0.39 is 29.1 Å². The number of fused-ring (bicyclic) bond motifs is 1. The first-order chi connectivity index (χ1) is 21.1. The van der Waals surface area contributed by atoms with Crippen LogP contribution in [0.4, 0.5) is 5.69 Å². The summed E-state index contributed by atoms with van der Waals surface area (Å²) in [5.41, 5.74) is 1.69. The molecule has 2 unspecified atom stereocenters. The minimum absolute atomic E-state index is 0.00796. The van der Waals surface area contributed by atoms with Crippen molar-refractivity contribution in [2.75, 3.05) is 31.1 Å². The lowest BCUT2D eigenvalue weighted by Gasteiger charge is -2.37. The molecule has 3 heterocycles. The van der Waals surface area contributed by atoms with Crippen LogP contribution in [0, 0.1) is 25.7 Å². The second-order valence-corrected chi connectivity index (χ2v) is 12.7. The smallest absolute Gasteiger partial charge is 0.253 e. The summed E-state index contributed by atoms with van der Waals surface area (Å²) >= 11 is 0. The number of nitrogens with zero attached hydrogens (tertiary/aromatic N) is 3. The minimum Gasteiger partial charge on any atom is -0.396 e. The summed E-state index contributed by atoms with van der Waals surface area (Å²) < 4.78 is 6.88. The van der Waals surface area contributed by atoms with Crippen LogP contribution in [0.1, 0.15) is 49.3 Å². The lowest BCUT2D eigenvalue weighted by Crippen LogP contribution is -2.56. The first-order valence-electron chi connectivity index (χ1n) is 15.7. The van der Waals surface area contributed by atoms with Crippen LogP contribution in [0.15, 0.2) is 73.8 Å². The van der Waals surface area contributed by atoms with Crippen LogP contribution in [0.2, 0.25) is 0 Å². The van der Waals surface area contributed by atoms with Crippen LogP contribution >= 0.6 is 0 Å². The van der Waals surface area contributed by atoms with E-state index in [1.807, 2.05) is 69.3 Å². The highest BCUT2D eigenvalue weighted by Gasteiger charge is 2.78. The maximum atomic E-state index is 14.8. The van der Waals surface area contributed by atoms with Crippen molar-refractivity contribution < 1.29 is 24.2 Å². The molecule has 8 nitrogen and oxygen atoms in total. The van der Waals surface area contributed by atoms with Crippen molar-refractivity contribution in [2.45, 2.75) is 70.2 Å². The molecule has 3 aliphatic rings. The zero-order valence-corrected chi connectivity index (χ0v) is 26.2. The third-order valence-corrected chi connectivity index (χ3v) is 9.69. The zero-order valence-electron chi connectivity index (χ0n) is 26.2. The lowest BCUT2D eigenvalue weighted by molar-refractivity contribution is -0.150. The minimum atomic E-state index is -1.13. The highest BCUT2D eigenvalue weighted by Crippen LogP contribution is 2.63. The number of aryl methyl sites for hydroxylation is 2. The maximum Gasteiger partial charge on any atom is 0.253 e. The first kappa shape index (κ1) is 31.7. The number of ether oxygens (including phenoxy) is 1. The molecule has 0 aromatic heterocycles. The number of rotatable bonds is 13. The van der Waals surface area contributed by atoms with Gasteiger partial charge in [-0.05, 0) is 69.2 Å². The molecule has 234 valence electrons. The van der Waals surface area contributed by atoms with Crippen LogP contribution < -0.4 is 4.90 Å². The van der Waals surface area contributed by atoms with Crippen LogP contribution in [-0.2, 0) is 25.7 Å². The number of anilines is 1. The monoisotopic (exact) mass is 599 g/mol. The summed E-state index contributed by atoms with van der Waals surface area (Å²) in [7, 11) is 0. The van der Waals surface area contributed by atoms with Gasteiger partial charge in [0.05, 0.1) is 17.4 Å². The molecule has 0 radical (unpaired) electrons. The van der Waals surface area contributed by atoms with E-state index in [9.17, 15) is 19.5 Å². The molecule has 3 amide bonds. The summed E-state index contributed by atoms with van der Waals surface area (Å²) in [6, 6.07) is 14.8. The van der Waals surface area contributed by atoms with E-state index in [-0.39, 0.29) is 30.9 Å². The van der Waals surface area contributed by atoms with Crippen molar-refractivity contribution in [1.29, 1.82) is 0 Å². The molecular weight excluding hydrogens is 554 g/mol. The Kier molecular flexibility index (Phi) is 9.14. The summed E-state index contributed by atoms with van der Waals surface area (Å²) in [4.78, 5) is 48.9. The summed E-state index contributed by atoms with van der Waals surface area (Å²) in [6.07, 6.45) is 5.51. The number of aliphatic hydroxyl groups is 1. The van der Waals surface area contributed by atoms with Gasteiger partial charge >= 0.3 is 0 Å². The Morgan fingerprint density at radius 1 is 1.05 bits per heavy atom. The molecule has 8 heteroatoms. The highest BCUT2D eigenvalue weighted by molar-refractivity contribution is 6.05. The number of hydrogen-bond acceptors (Lipinski definition) is 5. The van der Waals surface area contributed by atoms with E-state index in [0.717, 1.165) is 22.4 Å². The van der Waals surface area contributed by atoms with E-state index in [1.165, 1.54) is 0 Å². The van der Waals surface area contributed by atoms with Gasteiger partial charge in [0.1, 0.15) is 11.6 Å². The number of carbonyl (C=O) groups excluding carboxylic acids is 3. The molecule has 0 aliphatic carbocycles. The van der Waals surface area contributed by atoms with Gasteiger partial charge in [0, 0.05) is 38.5 Å². The Morgan fingerprint density at radius 3 is 2.45 bits per heavy atom. The van der Waals surface area contributed by atoms with Crippen molar-refractivity contribution in [3.8, 4) is 0 Å². The quantitative estimate of drug-likeness (QED) is 0.269. The number of aliphatic hydroxyl groups excluding tert-OH is 1. The lowest BCUT2D eigenvalue weighted by atomic mass is 9.66.